The Kier molecular flexibility index (Phi) is 5.80. The summed E-state index contributed by atoms with van der Waals surface area (Å²) in [7, 11) is 1.58. The molecule has 0 radical (unpaired) electrons. The molecule has 1 amide bonds. The van der Waals surface area contributed by atoms with E-state index in [1.807, 2.05) is 73.7 Å². The van der Waals surface area contributed by atoms with Crippen LogP contribution in [0, 0.1) is 6.92 Å². The number of methoxy groups -OCH3 is 1. The van der Waals surface area contributed by atoms with Gasteiger partial charge in [0, 0.05) is 18.0 Å². The number of para-hydroxylation sites is 1. The number of rotatable bonds is 6. The first-order valence-corrected chi connectivity index (χ1v) is 11.2. The summed E-state index contributed by atoms with van der Waals surface area (Å²) in [6.07, 6.45) is 0.162. The van der Waals surface area contributed by atoms with Crippen LogP contribution >= 0.6 is 0 Å². The van der Waals surface area contributed by atoms with E-state index in [9.17, 15) is 9.59 Å². The van der Waals surface area contributed by atoms with E-state index in [0.29, 0.717) is 29.4 Å². The minimum Gasteiger partial charge on any atom is -0.493 e. The van der Waals surface area contributed by atoms with Crippen molar-refractivity contribution in [3.8, 4) is 11.5 Å². The second-order valence-electron chi connectivity index (χ2n) is 8.45. The van der Waals surface area contributed by atoms with Crippen molar-refractivity contribution in [1.29, 1.82) is 0 Å². The maximum absolute atomic E-state index is 13.2. The Hall–Kier alpha value is -4.06. The number of esters is 1. The molecule has 0 aromatic heterocycles. The molecule has 0 fully saturated rings. The number of aryl methyl sites for hydroxylation is 1. The van der Waals surface area contributed by atoms with Gasteiger partial charge < -0.3 is 14.2 Å². The van der Waals surface area contributed by atoms with Gasteiger partial charge in [-0.25, -0.2) is 4.79 Å². The highest BCUT2D eigenvalue weighted by Crippen LogP contribution is 2.43. The average molecular weight is 456 g/mol. The molecule has 1 unspecified atom stereocenters. The maximum Gasteiger partial charge on any atom is 0.336 e. The highest BCUT2D eigenvalue weighted by Gasteiger charge is 2.43. The van der Waals surface area contributed by atoms with Crippen LogP contribution in [0.5, 0.6) is 11.5 Å². The lowest BCUT2D eigenvalue weighted by atomic mass is 9.84. The zero-order valence-corrected chi connectivity index (χ0v) is 19.1. The lowest BCUT2D eigenvalue weighted by molar-refractivity contribution is -0.136. The van der Waals surface area contributed by atoms with Crippen LogP contribution in [0.2, 0.25) is 0 Å². The molecule has 2 heterocycles. The molecular weight excluding hydrogens is 430 g/mol. The van der Waals surface area contributed by atoms with Crippen LogP contribution in [0.1, 0.15) is 29.0 Å². The number of cyclic esters (lactones) is 1. The second-order valence-corrected chi connectivity index (χ2v) is 8.45. The molecule has 0 aliphatic carbocycles. The maximum atomic E-state index is 13.2. The Labute approximate surface area is 198 Å². The summed E-state index contributed by atoms with van der Waals surface area (Å²) in [6, 6.07) is 23.0. The molecule has 3 aromatic rings. The zero-order valence-electron chi connectivity index (χ0n) is 19.1. The van der Waals surface area contributed by atoms with E-state index >= 15 is 0 Å². The Morgan fingerprint density at radius 2 is 1.79 bits per heavy atom. The number of carbonyl (C=O) groups is 2. The minimum absolute atomic E-state index is 0.0769. The molecule has 1 atom stereocenters. The van der Waals surface area contributed by atoms with Crippen LogP contribution in [0.15, 0.2) is 84.1 Å². The fourth-order valence-corrected chi connectivity index (χ4v) is 4.60. The summed E-state index contributed by atoms with van der Waals surface area (Å²) in [5.74, 6) is 0.289. The predicted molar refractivity (Wildman–Crippen MR) is 128 cm³/mol. The van der Waals surface area contributed by atoms with Crippen LogP contribution in [-0.4, -0.2) is 25.6 Å². The number of nitrogens with zero attached hydrogens (tertiary/aromatic N) is 1. The Balaban J connectivity index is 1.45. The Morgan fingerprint density at radius 1 is 0.971 bits per heavy atom. The Bertz CT molecular complexity index is 1280. The third kappa shape index (κ3) is 4.03. The molecule has 34 heavy (non-hydrogen) atoms. The van der Waals surface area contributed by atoms with Crippen LogP contribution < -0.4 is 14.4 Å². The van der Waals surface area contributed by atoms with Gasteiger partial charge in [-0.15, -0.1) is 0 Å². The highest BCUT2D eigenvalue weighted by atomic mass is 16.5. The van der Waals surface area contributed by atoms with E-state index in [1.165, 1.54) is 5.56 Å². The van der Waals surface area contributed by atoms with Crippen LogP contribution in [-0.2, 0) is 20.9 Å². The van der Waals surface area contributed by atoms with E-state index in [0.717, 1.165) is 16.8 Å². The molecule has 6 heteroatoms. The van der Waals surface area contributed by atoms with Crippen LogP contribution in [0.3, 0.4) is 0 Å². The number of hydrogen-bond donors (Lipinski definition) is 0. The predicted octanol–water partition coefficient (Wildman–Crippen LogP) is 4.91. The van der Waals surface area contributed by atoms with Gasteiger partial charge in [0.15, 0.2) is 11.5 Å². The zero-order chi connectivity index (χ0) is 23.7. The van der Waals surface area contributed by atoms with E-state index in [-0.39, 0.29) is 24.9 Å². The molecule has 0 N–H and O–H groups in total. The van der Waals surface area contributed by atoms with Gasteiger partial charge in [-0.1, -0.05) is 54.1 Å². The van der Waals surface area contributed by atoms with Crippen molar-refractivity contribution >= 4 is 17.6 Å². The number of benzene rings is 3. The summed E-state index contributed by atoms with van der Waals surface area (Å²) < 4.78 is 17.0. The molecule has 2 aliphatic heterocycles. The van der Waals surface area contributed by atoms with E-state index < -0.39 is 5.92 Å². The van der Waals surface area contributed by atoms with E-state index in [2.05, 4.69) is 6.07 Å². The van der Waals surface area contributed by atoms with Crippen molar-refractivity contribution in [1.82, 2.24) is 0 Å². The van der Waals surface area contributed by atoms with Crippen molar-refractivity contribution in [3.63, 3.8) is 0 Å². The van der Waals surface area contributed by atoms with Crippen molar-refractivity contribution in [2.24, 2.45) is 0 Å². The molecule has 6 nitrogen and oxygen atoms in total. The summed E-state index contributed by atoms with van der Waals surface area (Å²) in [6.45, 7) is 2.54. The first kappa shape index (κ1) is 21.8. The van der Waals surface area contributed by atoms with Crippen molar-refractivity contribution in [2.75, 3.05) is 18.6 Å². The number of anilines is 1. The summed E-state index contributed by atoms with van der Waals surface area (Å²) in [5, 5.41) is 0. The first-order chi connectivity index (χ1) is 16.5. The molecule has 5 rings (SSSR count). The van der Waals surface area contributed by atoms with Crippen molar-refractivity contribution < 1.29 is 23.8 Å². The van der Waals surface area contributed by atoms with Gasteiger partial charge >= 0.3 is 5.97 Å². The topological polar surface area (TPSA) is 65.1 Å². The van der Waals surface area contributed by atoms with Gasteiger partial charge in [0.05, 0.1) is 18.4 Å². The Morgan fingerprint density at radius 3 is 2.56 bits per heavy atom. The molecule has 2 aliphatic rings. The highest BCUT2D eigenvalue weighted by molar-refractivity contribution is 6.06. The van der Waals surface area contributed by atoms with Gasteiger partial charge in [0.1, 0.15) is 13.2 Å². The van der Waals surface area contributed by atoms with Crippen molar-refractivity contribution in [3.05, 3.63) is 101 Å². The quantitative estimate of drug-likeness (QED) is 0.494. The average Bonchev–Trinajstić information content (AvgIpc) is 3.24. The molecule has 0 saturated carbocycles. The number of hydrogen-bond acceptors (Lipinski definition) is 5. The van der Waals surface area contributed by atoms with Crippen molar-refractivity contribution in [2.45, 2.75) is 25.9 Å². The standard InChI is InChI=1S/C28H25NO5/c1-18-7-6-8-19(13-18)16-33-24-12-11-20(14-25(24)32-2)22-15-26(30)29(21-9-4-3-5-10-21)23-17-34-28(31)27(22)23/h3-14,22H,15-17H2,1-2H3. The second kappa shape index (κ2) is 9.06. The monoisotopic (exact) mass is 455 g/mol. The van der Waals surface area contributed by atoms with Crippen LogP contribution in [0.4, 0.5) is 5.69 Å². The summed E-state index contributed by atoms with van der Waals surface area (Å²) in [4.78, 5) is 27.5. The number of ether oxygens (including phenoxy) is 3. The molecule has 0 bridgehead atoms. The van der Waals surface area contributed by atoms with Gasteiger partial charge in [-0.05, 0) is 42.3 Å². The molecule has 0 saturated heterocycles. The van der Waals surface area contributed by atoms with Gasteiger partial charge in [0.2, 0.25) is 5.91 Å². The molecular formula is C28H25NO5. The fourth-order valence-electron chi connectivity index (χ4n) is 4.60. The molecule has 3 aromatic carbocycles. The van der Waals surface area contributed by atoms with Crippen LogP contribution in [0.25, 0.3) is 0 Å². The smallest absolute Gasteiger partial charge is 0.336 e. The normalized spacial score (nSPS) is 17.5. The number of amides is 1. The lowest BCUT2D eigenvalue weighted by Crippen LogP contribution is -2.37. The molecule has 0 spiro atoms. The van der Waals surface area contributed by atoms with Gasteiger partial charge in [-0.3, -0.25) is 9.69 Å². The third-order valence-electron chi connectivity index (χ3n) is 6.20. The number of carbonyl (C=O) groups excluding carboxylic acids is 2. The summed E-state index contributed by atoms with van der Waals surface area (Å²) >= 11 is 0. The van der Waals surface area contributed by atoms with E-state index in [1.54, 1.807) is 12.0 Å². The largest absolute Gasteiger partial charge is 0.493 e. The SMILES string of the molecule is COc1cc(C2CC(=O)N(c3ccccc3)C3=C2C(=O)OC3)ccc1OCc1cccc(C)c1. The summed E-state index contributed by atoms with van der Waals surface area (Å²) in [5.41, 5.74) is 4.91. The third-order valence-corrected chi connectivity index (χ3v) is 6.20. The first-order valence-electron chi connectivity index (χ1n) is 11.2. The van der Waals surface area contributed by atoms with Gasteiger partial charge in [-0.2, -0.15) is 0 Å². The minimum atomic E-state index is -0.405. The van der Waals surface area contributed by atoms with E-state index in [4.69, 9.17) is 14.2 Å². The fraction of sp³-hybridized carbons (Fsp3) is 0.214. The van der Waals surface area contributed by atoms with Gasteiger partial charge in [0.25, 0.3) is 0 Å². The lowest BCUT2D eigenvalue weighted by Gasteiger charge is -2.32. The molecule has 172 valence electrons.